The Balaban J connectivity index is 0.000000220. The zero-order valence-corrected chi connectivity index (χ0v) is 78.6. The Labute approximate surface area is 756 Å². The first-order valence-corrected chi connectivity index (χ1v) is 37.1. The molecule has 0 unspecified atom stereocenters. The molecule has 10 aromatic carbocycles. The number of aliphatic hydroxyl groups is 1. The molecule has 616 valence electrons. The van der Waals surface area contributed by atoms with Crippen LogP contribution >= 0.6 is 0 Å². The van der Waals surface area contributed by atoms with Crippen molar-refractivity contribution in [1.82, 2.24) is 47.8 Å². The van der Waals surface area contributed by atoms with E-state index in [4.69, 9.17) is 14.6 Å². The van der Waals surface area contributed by atoms with E-state index < -0.39 is 11.6 Å². The number of nitrogens with zero attached hydrogens (tertiary/aromatic N) is 10. The first-order chi connectivity index (χ1) is 54.3. The molecule has 5 aromatic heterocycles. The van der Waals surface area contributed by atoms with Crippen LogP contribution in [0.2, 0.25) is 0 Å². The van der Waals surface area contributed by atoms with Crippen molar-refractivity contribution in [2.75, 3.05) is 14.2 Å². The molecule has 0 atom stereocenters. The summed E-state index contributed by atoms with van der Waals surface area (Å²) in [7, 11) is 3.35. The summed E-state index contributed by atoms with van der Waals surface area (Å²) in [6, 6.07) is 78.5. The van der Waals surface area contributed by atoms with E-state index in [0.717, 1.165) is 97.2 Å². The van der Waals surface area contributed by atoms with Crippen LogP contribution in [-0.4, -0.2) is 72.9 Å². The Kier molecular flexibility index (Phi) is 38.6. The Morgan fingerprint density at radius 3 is 1.25 bits per heavy atom. The fraction of sp³-hybridized carbons (Fsp3) is 0.188. The molecule has 15 aromatic rings. The van der Waals surface area contributed by atoms with Crippen LogP contribution in [-0.2, 0) is 108 Å². The molecular weight excluding hydrogens is 2360 g/mol. The Hall–Kier alpha value is -9.72. The van der Waals surface area contributed by atoms with Crippen LogP contribution in [0.3, 0.4) is 0 Å². The second-order valence-corrected chi connectivity index (χ2v) is 27.3. The molecule has 14 nitrogen and oxygen atoms in total. The fourth-order valence-electron chi connectivity index (χ4n) is 14.1. The summed E-state index contributed by atoms with van der Waals surface area (Å²) < 4.78 is 47.7. The van der Waals surface area contributed by atoms with Gasteiger partial charge in [-0.3, -0.25) is 38.5 Å². The van der Waals surface area contributed by atoms with Gasteiger partial charge in [0.05, 0.1) is 49.1 Å². The standard InChI is InChI=1S/C21H21N2.C19H19N2O.C18H17N2O.C17H15N2.C16H11F2N2.C5H8O2.2Ir.3Pt/c1-3-9-17(10-4-1)19-13-7-8-14-20(19)23-16-15-22-21(23)18-11-5-2-6-12-18;1-13-11-14(2)18(15(3)12-13)21-10-9-20-19(21)16-5-7-17(22-4)8-6-16;1-13-11-16(21-3)12-14(2)17(13)20-10-9-19-18(20)15-7-5-4-6-8-15;1-13-7-6-8-14(2)16(13)19-12-11-18-17(19)15-9-4-3-5-10-15;1-11-4-2-3-5-15(11)20-9-8-19-16(20)13-7-6-12(17)10-14(13)18;1-4(6)3-5(2)7;;;;;/h2,5-8,11,13-17H,1,3-4,9-10H2;5,7-12H,1-4H3;4-7,9-12H,1-3H3;3-9,11-12H,1-2H3;2-6,8-10H,1H3;3,6H,1-2H3;;;;;/q5*-1;;;;;;. The number of methoxy groups -OCH3 is 2. The summed E-state index contributed by atoms with van der Waals surface area (Å²) >= 11 is 0. The number of carbonyl (C=O) groups excluding carboxylic acids is 1. The van der Waals surface area contributed by atoms with Crippen LogP contribution in [0.4, 0.5) is 8.78 Å². The number of hydrogen-bond donors (Lipinski definition) is 1. The number of aliphatic hydroxyl groups excluding tert-OH is 1. The van der Waals surface area contributed by atoms with Gasteiger partial charge in [0.15, 0.2) is 5.78 Å². The average Bonchev–Trinajstić information content (AvgIpc) is 1.74. The normalized spacial score (nSPS) is 11.2. The van der Waals surface area contributed by atoms with E-state index >= 15 is 0 Å². The quantitative estimate of drug-likeness (QED) is 0.0639. The summed E-state index contributed by atoms with van der Waals surface area (Å²) in [5.74, 6) is 5.04. The summed E-state index contributed by atoms with van der Waals surface area (Å²) in [5, 5.41) is 8.36. The third-order valence-corrected chi connectivity index (χ3v) is 18.9. The van der Waals surface area contributed by atoms with Gasteiger partial charge < -0.3 is 37.4 Å². The molecule has 0 amide bonds. The number of carbonyl (C=O) groups is 1. The minimum atomic E-state index is -0.675. The van der Waals surface area contributed by atoms with Crippen LogP contribution in [0.25, 0.3) is 85.4 Å². The maximum atomic E-state index is 13.9. The molecule has 1 fully saturated rings. The molecule has 21 heteroatoms. The van der Waals surface area contributed by atoms with E-state index in [-0.39, 0.29) is 121 Å². The first-order valence-electron chi connectivity index (χ1n) is 37.1. The summed E-state index contributed by atoms with van der Waals surface area (Å²) in [5.41, 5.74) is 20.9. The summed E-state index contributed by atoms with van der Waals surface area (Å²) in [4.78, 5) is 32.2. The third-order valence-electron chi connectivity index (χ3n) is 18.9. The van der Waals surface area contributed by atoms with E-state index in [1.54, 1.807) is 31.2 Å². The zero-order valence-electron chi connectivity index (χ0n) is 67.0. The van der Waals surface area contributed by atoms with Gasteiger partial charge >= 0.3 is 0 Å². The van der Waals surface area contributed by atoms with E-state index in [2.05, 4.69) is 189 Å². The van der Waals surface area contributed by atoms with Gasteiger partial charge in [-0.15, -0.1) is 150 Å². The number of imidazole rings is 5. The van der Waals surface area contributed by atoms with E-state index in [1.165, 1.54) is 102 Å². The Morgan fingerprint density at radius 2 is 0.829 bits per heavy atom. The monoisotopic (exact) mass is 2460 g/mol. The SMILES string of the molecule is CC(=O)C=C(C)O.COc1c[c-]c(-c2nccn2-c2c(C)cc(C)cc2C)cc1.COc1cc(C)c(-n2ccnc2-c2[c-]cccc2)c(C)c1.Cc1cccc(C)c1-n1ccnc1-c1[c-]cccc1.Cc1ccccc1-n1ccnc1-c1[c-]cc(F)cc1F.[Ir].[Ir].[Pt].[Pt].[Pt].[c-]1ccccc1-c1nccn1-c1ccccc1C1CCCCC1. The van der Waals surface area contributed by atoms with Crippen molar-refractivity contribution in [3.8, 4) is 96.9 Å². The topological polar surface area (TPSA) is 145 Å². The number of halogens is 2. The van der Waals surface area contributed by atoms with Gasteiger partial charge in [0.2, 0.25) is 0 Å². The fourth-order valence-corrected chi connectivity index (χ4v) is 14.1. The number of hydrogen-bond acceptors (Lipinski definition) is 9. The van der Waals surface area contributed by atoms with Crippen molar-refractivity contribution in [2.45, 2.75) is 107 Å². The molecule has 16 rings (SSSR count). The van der Waals surface area contributed by atoms with Gasteiger partial charge in [-0.1, -0.05) is 103 Å². The molecular formula is C96H91F2Ir2N10O4Pt3-5. The van der Waals surface area contributed by atoms with Gasteiger partial charge in [0, 0.05) is 217 Å². The second-order valence-electron chi connectivity index (χ2n) is 27.3. The van der Waals surface area contributed by atoms with Crippen molar-refractivity contribution in [2.24, 2.45) is 0 Å². The molecule has 1 saturated carbocycles. The van der Waals surface area contributed by atoms with Crippen molar-refractivity contribution in [3.63, 3.8) is 0 Å². The number of ketones is 1. The van der Waals surface area contributed by atoms with Crippen LogP contribution in [0, 0.1) is 97.4 Å². The zero-order chi connectivity index (χ0) is 79.2. The predicted octanol–water partition coefficient (Wildman–Crippen LogP) is 22.5. The minimum absolute atomic E-state index is 0. The number of allylic oxidation sites excluding steroid dienone is 2. The maximum absolute atomic E-state index is 13.9. The van der Waals surface area contributed by atoms with Gasteiger partial charge in [-0.05, 0) is 157 Å². The summed E-state index contributed by atoms with van der Waals surface area (Å²) in [6.07, 6.45) is 26.6. The molecule has 0 spiro atoms. The minimum Gasteiger partial charge on any atom is -0.540 e. The first kappa shape index (κ1) is 96.1. The molecule has 5 heterocycles. The van der Waals surface area contributed by atoms with Crippen molar-refractivity contribution < 1.29 is 132 Å². The summed E-state index contributed by atoms with van der Waals surface area (Å²) in [6.45, 7) is 19.6. The smallest absolute Gasteiger partial charge is 0.155 e. The third kappa shape index (κ3) is 24.9. The Morgan fingerprint density at radius 1 is 0.427 bits per heavy atom. The molecule has 1 N–H and O–H groups in total. The average molecular weight is 2460 g/mol. The number of ether oxygens (including phenoxy) is 2. The van der Waals surface area contributed by atoms with Gasteiger partial charge in [0.1, 0.15) is 5.75 Å². The van der Waals surface area contributed by atoms with Gasteiger partial charge in [0.25, 0.3) is 0 Å². The van der Waals surface area contributed by atoms with Crippen LogP contribution < -0.4 is 9.47 Å². The van der Waals surface area contributed by atoms with Crippen LogP contribution in [0.5, 0.6) is 11.5 Å². The second kappa shape index (κ2) is 47.0. The van der Waals surface area contributed by atoms with Crippen molar-refractivity contribution in [1.29, 1.82) is 0 Å². The van der Waals surface area contributed by atoms with Crippen molar-refractivity contribution >= 4 is 5.78 Å². The molecule has 117 heavy (non-hydrogen) atoms. The molecule has 1 aliphatic rings. The maximum Gasteiger partial charge on any atom is 0.155 e. The molecule has 0 bridgehead atoms. The van der Waals surface area contributed by atoms with E-state index in [0.29, 0.717) is 11.7 Å². The van der Waals surface area contributed by atoms with E-state index in [9.17, 15) is 13.6 Å². The number of rotatable bonds is 14. The number of benzene rings is 10. The van der Waals surface area contributed by atoms with Gasteiger partial charge in [-0.2, -0.15) is 0 Å². The van der Waals surface area contributed by atoms with Crippen LogP contribution in [0.1, 0.15) is 102 Å². The number of aromatic nitrogens is 10. The number of aryl methyl sites for hydroxylation is 8. The van der Waals surface area contributed by atoms with Gasteiger partial charge in [-0.25, -0.2) is 0 Å². The predicted molar refractivity (Wildman–Crippen MR) is 443 cm³/mol. The Bertz CT molecular complexity index is 5580. The van der Waals surface area contributed by atoms with Crippen LogP contribution in [0.15, 0.2) is 268 Å². The number of para-hydroxylation sites is 3. The molecule has 0 saturated heterocycles. The van der Waals surface area contributed by atoms with E-state index in [1.807, 2.05) is 172 Å². The molecule has 1 aliphatic carbocycles. The molecule has 2 radical (unpaired) electrons. The van der Waals surface area contributed by atoms with Crippen molar-refractivity contribution in [3.05, 3.63) is 360 Å². The molecule has 0 aliphatic heterocycles. The largest absolute Gasteiger partial charge is 0.540 e.